The highest BCUT2D eigenvalue weighted by Crippen LogP contribution is 2.16. The molecule has 9 nitrogen and oxygen atoms in total. The average Bonchev–Trinajstić information content (AvgIpc) is 2.89. The maximum absolute atomic E-state index is 12.3. The van der Waals surface area contributed by atoms with Crippen molar-refractivity contribution >= 4 is 23.4 Å². The van der Waals surface area contributed by atoms with Gasteiger partial charge in [-0.15, -0.1) is 0 Å². The van der Waals surface area contributed by atoms with E-state index in [1.165, 1.54) is 17.9 Å². The fourth-order valence-electron chi connectivity index (χ4n) is 1.99. The van der Waals surface area contributed by atoms with Crippen molar-refractivity contribution in [1.82, 2.24) is 18.7 Å². The molecule has 0 saturated heterocycles. The summed E-state index contributed by atoms with van der Waals surface area (Å²) in [5.74, 6) is -0.433. The summed E-state index contributed by atoms with van der Waals surface area (Å²) in [6.45, 7) is 4.70. The lowest BCUT2D eigenvalue weighted by Gasteiger charge is -2.16. The molecule has 0 aliphatic rings. The second-order valence-electron chi connectivity index (χ2n) is 6.12. The smallest absolute Gasteiger partial charge is 0.332 e. The summed E-state index contributed by atoms with van der Waals surface area (Å²) in [6, 6.07) is 0. The fourth-order valence-corrected chi connectivity index (χ4v) is 1.99. The molecule has 2 rings (SSSR count). The first-order chi connectivity index (χ1) is 10.7. The summed E-state index contributed by atoms with van der Waals surface area (Å²) in [5.41, 5.74) is -1.71. The number of imidazole rings is 1. The summed E-state index contributed by atoms with van der Waals surface area (Å²) < 4.78 is 8.47. The van der Waals surface area contributed by atoms with Crippen LogP contribution in [0.2, 0.25) is 0 Å². The zero-order chi connectivity index (χ0) is 17.4. The molecule has 0 spiro atoms. The van der Waals surface area contributed by atoms with Crippen molar-refractivity contribution in [1.29, 1.82) is 0 Å². The molecular weight excluding hydrogens is 304 g/mol. The van der Waals surface area contributed by atoms with E-state index in [9.17, 15) is 19.2 Å². The molecule has 0 saturated carbocycles. The predicted octanol–water partition coefficient (Wildman–Crippen LogP) is -0.358. The van der Waals surface area contributed by atoms with E-state index in [4.69, 9.17) is 4.74 Å². The number of ether oxygens (including phenoxy) is 1. The van der Waals surface area contributed by atoms with Crippen LogP contribution >= 0.6 is 0 Å². The summed E-state index contributed by atoms with van der Waals surface area (Å²) >= 11 is 0. The second-order valence-corrected chi connectivity index (χ2v) is 6.12. The fraction of sp³-hybridized carbons (Fsp3) is 0.500. The summed E-state index contributed by atoms with van der Waals surface area (Å²) in [7, 11) is 1.31. The van der Waals surface area contributed by atoms with Gasteiger partial charge in [0, 0.05) is 7.05 Å². The minimum absolute atomic E-state index is 0.0806. The number of fused-ring (bicyclic) bond motifs is 1. The van der Waals surface area contributed by atoms with Crippen LogP contribution in [0, 0.1) is 5.41 Å². The predicted molar refractivity (Wildman–Crippen MR) is 80.8 cm³/mol. The van der Waals surface area contributed by atoms with Gasteiger partial charge in [-0.2, -0.15) is 0 Å². The van der Waals surface area contributed by atoms with Crippen LogP contribution in [0.1, 0.15) is 20.8 Å². The maximum Gasteiger partial charge on any atom is 0.332 e. The lowest BCUT2D eigenvalue weighted by Crippen LogP contribution is -2.39. The largest absolute Gasteiger partial charge is 0.443 e. The summed E-state index contributed by atoms with van der Waals surface area (Å²) in [6.07, 6.45) is 1.84. The number of nitrogens with zero attached hydrogens (tertiary/aromatic N) is 4. The third-order valence-electron chi connectivity index (χ3n) is 3.30. The van der Waals surface area contributed by atoms with Crippen LogP contribution < -0.4 is 11.2 Å². The van der Waals surface area contributed by atoms with Crippen LogP contribution in [-0.4, -0.2) is 30.9 Å². The standard InChI is InChI=1S/C14H18N4O5/c1-14(2,3)12(21)23-8-17-7-15-10-9(17)11(20)16(4)13(22)18(10)5-6-19/h6-7H,5,8H2,1-4H3. The lowest BCUT2D eigenvalue weighted by molar-refractivity contribution is -0.156. The molecule has 9 heteroatoms. The van der Waals surface area contributed by atoms with Gasteiger partial charge >= 0.3 is 11.7 Å². The third-order valence-corrected chi connectivity index (χ3v) is 3.30. The van der Waals surface area contributed by atoms with Gasteiger partial charge in [0.25, 0.3) is 5.56 Å². The summed E-state index contributed by atoms with van der Waals surface area (Å²) in [4.78, 5) is 50.9. The van der Waals surface area contributed by atoms with Crippen LogP contribution in [0.3, 0.4) is 0 Å². The van der Waals surface area contributed by atoms with E-state index >= 15 is 0 Å². The first-order valence-electron chi connectivity index (χ1n) is 6.94. The Labute approximate surface area is 131 Å². The molecule has 0 radical (unpaired) electrons. The zero-order valence-corrected chi connectivity index (χ0v) is 13.4. The molecule has 0 aliphatic carbocycles. The van der Waals surface area contributed by atoms with E-state index in [1.807, 2.05) is 0 Å². The molecule has 0 aromatic carbocycles. The quantitative estimate of drug-likeness (QED) is 0.562. The Bertz CT molecular complexity index is 881. The summed E-state index contributed by atoms with van der Waals surface area (Å²) in [5, 5.41) is 0. The number of hydrogen-bond acceptors (Lipinski definition) is 6. The van der Waals surface area contributed by atoms with Crippen LogP contribution in [0.4, 0.5) is 0 Å². The minimum Gasteiger partial charge on any atom is -0.443 e. The van der Waals surface area contributed by atoms with Crippen LogP contribution in [0.15, 0.2) is 15.9 Å². The van der Waals surface area contributed by atoms with Crippen molar-refractivity contribution in [2.24, 2.45) is 12.5 Å². The Balaban J connectivity index is 2.52. The van der Waals surface area contributed by atoms with Crippen molar-refractivity contribution in [3.8, 4) is 0 Å². The molecule has 0 atom stereocenters. The highest BCUT2D eigenvalue weighted by Gasteiger charge is 2.24. The van der Waals surface area contributed by atoms with Crippen molar-refractivity contribution in [2.75, 3.05) is 0 Å². The average molecular weight is 322 g/mol. The highest BCUT2D eigenvalue weighted by atomic mass is 16.5. The van der Waals surface area contributed by atoms with E-state index < -0.39 is 22.6 Å². The van der Waals surface area contributed by atoms with Crippen molar-refractivity contribution in [2.45, 2.75) is 34.0 Å². The Kier molecular flexibility index (Phi) is 4.22. The van der Waals surface area contributed by atoms with Gasteiger partial charge < -0.3 is 9.53 Å². The van der Waals surface area contributed by atoms with E-state index in [2.05, 4.69) is 4.98 Å². The number of esters is 1. The van der Waals surface area contributed by atoms with Gasteiger partial charge in [-0.3, -0.25) is 23.3 Å². The van der Waals surface area contributed by atoms with Crippen LogP contribution in [0.5, 0.6) is 0 Å². The molecule has 0 unspecified atom stereocenters. The molecule has 2 aromatic heterocycles. The molecule has 124 valence electrons. The molecule has 0 bridgehead atoms. The molecule has 0 aliphatic heterocycles. The maximum atomic E-state index is 12.3. The first-order valence-corrected chi connectivity index (χ1v) is 6.94. The topological polar surface area (TPSA) is 105 Å². The van der Waals surface area contributed by atoms with Gasteiger partial charge in [0.2, 0.25) is 0 Å². The van der Waals surface area contributed by atoms with Gasteiger partial charge in [0.05, 0.1) is 12.0 Å². The highest BCUT2D eigenvalue weighted by molar-refractivity contribution is 5.75. The molecular formula is C14H18N4O5. The first kappa shape index (κ1) is 16.7. The number of hydrogen-bond donors (Lipinski definition) is 0. The van der Waals surface area contributed by atoms with E-state index in [1.54, 1.807) is 20.8 Å². The third kappa shape index (κ3) is 2.94. The SMILES string of the molecule is Cn1c(=O)c2c(ncn2COC(=O)C(C)(C)C)n(CC=O)c1=O. The van der Waals surface area contributed by atoms with Gasteiger partial charge in [-0.1, -0.05) is 0 Å². The number of aromatic nitrogens is 4. The van der Waals surface area contributed by atoms with E-state index in [0.717, 1.165) is 9.13 Å². The van der Waals surface area contributed by atoms with Crippen molar-refractivity contribution in [3.63, 3.8) is 0 Å². The van der Waals surface area contributed by atoms with Gasteiger partial charge in [-0.05, 0) is 20.8 Å². The van der Waals surface area contributed by atoms with Gasteiger partial charge in [0.1, 0.15) is 12.6 Å². The van der Waals surface area contributed by atoms with Gasteiger partial charge in [-0.25, -0.2) is 9.78 Å². The molecule has 2 heterocycles. The second kappa shape index (κ2) is 5.82. The van der Waals surface area contributed by atoms with Crippen molar-refractivity contribution in [3.05, 3.63) is 27.2 Å². The van der Waals surface area contributed by atoms with Gasteiger partial charge in [0.15, 0.2) is 17.9 Å². The lowest BCUT2D eigenvalue weighted by atomic mass is 9.98. The monoisotopic (exact) mass is 322 g/mol. The van der Waals surface area contributed by atoms with Crippen molar-refractivity contribution < 1.29 is 14.3 Å². The molecule has 0 N–H and O–H groups in total. The Hall–Kier alpha value is -2.71. The Morgan fingerprint density at radius 1 is 1.35 bits per heavy atom. The zero-order valence-electron chi connectivity index (χ0n) is 13.4. The normalized spacial score (nSPS) is 11.7. The number of carbonyl (C=O) groups is 2. The Morgan fingerprint density at radius 2 is 2.00 bits per heavy atom. The molecule has 0 fully saturated rings. The Morgan fingerprint density at radius 3 is 2.57 bits per heavy atom. The van der Waals surface area contributed by atoms with Crippen LogP contribution in [-0.2, 0) is 34.6 Å². The molecule has 0 amide bonds. The number of carbonyl (C=O) groups excluding carboxylic acids is 2. The molecule has 23 heavy (non-hydrogen) atoms. The molecule has 2 aromatic rings. The van der Waals surface area contributed by atoms with Crippen LogP contribution in [0.25, 0.3) is 11.2 Å². The number of rotatable bonds is 4. The minimum atomic E-state index is -0.680. The number of aldehydes is 1. The van der Waals surface area contributed by atoms with E-state index in [-0.39, 0.29) is 24.4 Å². The van der Waals surface area contributed by atoms with E-state index in [0.29, 0.717) is 6.29 Å².